The molecule has 0 amide bonds. The van der Waals surface area contributed by atoms with Crippen LogP contribution in [0.4, 0.5) is 5.69 Å². The lowest BCUT2D eigenvalue weighted by Crippen LogP contribution is -2.51. The molecule has 0 aromatic heterocycles. The van der Waals surface area contributed by atoms with Gasteiger partial charge in [-0.15, -0.1) is 0 Å². The van der Waals surface area contributed by atoms with E-state index in [2.05, 4.69) is 76.0 Å². The number of benzene rings is 2. The highest BCUT2D eigenvalue weighted by molar-refractivity contribution is 6.74. The second-order valence-electron chi connectivity index (χ2n) is 13.9. The zero-order valence-corrected chi connectivity index (χ0v) is 27.3. The summed E-state index contributed by atoms with van der Waals surface area (Å²) in [6.45, 7) is 18.5. The summed E-state index contributed by atoms with van der Waals surface area (Å²) in [7, 11) is -2.03. The second kappa shape index (κ2) is 10.8. The Balaban J connectivity index is 1.82. The SMILES string of the molecule is CC(C)(O)C[C@@H]1C[C@H]1[C@@]1(C)c2ccccc2CCN1c1cc(CO[Si](C)(C)C(C)(C)C)c(Cl)c(CC=O)c1Cl. The molecule has 4 nitrogen and oxygen atoms in total. The van der Waals surface area contributed by atoms with Crippen LogP contribution in [0.2, 0.25) is 28.2 Å². The summed E-state index contributed by atoms with van der Waals surface area (Å²) in [5, 5.41) is 11.7. The topological polar surface area (TPSA) is 49.8 Å². The number of carbonyl (C=O) groups is 1. The summed E-state index contributed by atoms with van der Waals surface area (Å²) in [5.74, 6) is 0.795. The number of fused-ring (bicyclic) bond motifs is 1. The van der Waals surface area contributed by atoms with Gasteiger partial charge in [0.1, 0.15) is 6.29 Å². The van der Waals surface area contributed by atoms with Gasteiger partial charge in [-0.25, -0.2) is 0 Å². The van der Waals surface area contributed by atoms with Gasteiger partial charge in [-0.05, 0) is 98.3 Å². The van der Waals surface area contributed by atoms with E-state index >= 15 is 0 Å². The van der Waals surface area contributed by atoms with Crippen LogP contribution in [0.5, 0.6) is 0 Å². The smallest absolute Gasteiger partial charge is 0.192 e. The number of hydrogen-bond acceptors (Lipinski definition) is 4. The highest BCUT2D eigenvalue weighted by atomic mass is 35.5. The molecule has 39 heavy (non-hydrogen) atoms. The number of nitrogens with zero attached hydrogens (tertiary/aromatic N) is 1. The van der Waals surface area contributed by atoms with E-state index in [1.165, 1.54) is 11.1 Å². The van der Waals surface area contributed by atoms with Crippen LogP contribution in [0.15, 0.2) is 30.3 Å². The van der Waals surface area contributed by atoms with Crippen LogP contribution in [0, 0.1) is 11.8 Å². The molecule has 1 fully saturated rings. The number of aliphatic hydroxyl groups is 1. The highest BCUT2D eigenvalue weighted by Crippen LogP contribution is 2.59. The molecule has 2 aromatic carbocycles. The normalized spacial score (nSPS) is 23.5. The lowest BCUT2D eigenvalue weighted by atomic mass is 9.76. The van der Waals surface area contributed by atoms with E-state index in [1.807, 2.05) is 13.8 Å². The van der Waals surface area contributed by atoms with Gasteiger partial charge in [0.15, 0.2) is 8.32 Å². The fraction of sp³-hybridized carbons (Fsp3) is 0.594. The molecule has 0 unspecified atom stereocenters. The van der Waals surface area contributed by atoms with Gasteiger partial charge in [-0.1, -0.05) is 68.2 Å². The number of halogens is 2. The molecule has 0 radical (unpaired) electrons. The summed E-state index contributed by atoms with van der Waals surface area (Å²) in [5.41, 5.74) is 4.13. The molecule has 2 aliphatic rings. The molecule has 0 bridgehead atoms. The van der Waals surface area contributed by atoms with Gasteiger partial charge >= 0.3 is 0 Å². The maximum Gasteiger partial charge on any atom is 0.192 e. The first-order valence-electron chi connectivity index (χ1n) is 14.2. The molecule has 4 rings (SSSR count). The fourth-order valence-electron chi connectivity index (χ4n) is 6.19. The van der Waals surface area contributed by atoms with Crippen molar-refractivity contribution in [1.29, 1.82) is 0 Å². The average Bonchev–Trinajstić information content (AvgIpc) is 3.59. The fourth-order valence-corrected chi connectivity index (χ4v) is 7.80. The molecule has 1 saturated carbocycles. The van der Waals surface area contributed by atoms with Gasteiger partial charge in [-0.3, -0.25) is 0 Å². The number of rotatable bonds is 9. The summed E-state index contributed by atoms with van der Waals surface area (Å²) in [4.78, 5) is 14.2. The average molecular weight is 591 g/mol. The van der Waals surface area contributed by atoms with E-state index in [0.717, 1.165) is 43.3 Å². The maximum atomic E-state index is 11.7. The molecule has 0 spiro atoms. The predicted octanol–water partition coefficient (Wildman–Crippen LogP) is 8.33. The third-order valence-corrected chi connectivity index (χ3v) is 14.8. The molecule has 7 heteroatoms. The van der Waals surface area contributed by atoms with Crippen LogP contribution >= 0.6 is 23.2 Å². The Kier molecular flexibility index (Phi) is 8.46. The summed E-state index contributed by atoms with van der Waals surface area (Å²) < 4.78 is 6.59. The van der Waals surface area contributed by atoms with Gasteiger partial charge in [0.25, 0.3) is 0 Å². The first-order valence-corrected chi connectivity index (χ1v) is 17.8. The van der Waals surface area contributed by atoms with Crippen molar-refractivity contribution >= 4 is 43.5 Å². The summed E-state index contributed by atoms with van der Waals surface area (Å²) >= 11 is 14.0. The Morgan fingerprint density at radius 3 is 2.44 bits per heavy atom. The van der Waals surface area contributed by atoms with E-state index in [1.54, 1.807) is 0 Å². The van der Waals surface area contributed by atoms with Crippen molar-refractivity contribution in [3.8, 4) is 0 Å². The minimum atomic E-state index is -2.03. The molecular weight excluding hydrogens is 545 g/mol. The quantitative estimate of drug-likeness (QED) is 0.236. The van der Waals surface area contributed by atoms with E-state index in [9.17, 15) is 9.90 Å². The highest BCUT2D eigenvalue weighted by Gasteiger charge is 2.56. The molecule has 1 aliphatic carbocycles. The van der Waals surface area contributed by atoms with E-state index in [0.29, 0.717) is 34.1 Å². The summed E-state index contributed by atoms with van der Waals surface area (Å²) in [6.07, 6.45) is 3.76. The van der Waals surface area contributed by atoms with Crippen LogP contribution in [-0.4, -0.2) is 31.9 Å². The van der Waals surface area contributed by atoms with Gasteiger partial charge in [0.05, 0.1) is 33.5 Å². The molecule has 3 atom stereocenters. The molecule has 1 N–H and O–H groups in total. The minimum Gasteiger partial charge on any atom is -0.413 e. The van der Waals surface area contributed by atoms with Crippen molar-refractivity contribution < 1.29 is 14.3 Å². The van der Waals surface area contributed by atoms with Gasteiger partial charge in [-0.2, -0.15) is 0 Å². The lowest BCUT2D eigenvalue weighted by molar-refractivity contribution is -0.107. The number of anilines is 1. The zero-order valence-electron chi connectivity index (χ0n) is 24.8. The predicted molar refractivity (Wildman–Crippen MR) is 166 cm³/mol. The Morgan fingerprint density at radius 2 is 1.82 bits per heavy atom. The van der Waals surface area contributed by atoms with E-state index < -0.39 is 13.9 Å². The van der Waals surface area contributed by atoms with Crippen LogP contribution in [0.1, 0.15) is 76.6 Å². The van der Waals surface area contributed by atoms with E-state index in [-0.39, 0.29) is 17.0 Å². The lowest BCUT2D eigenvalue weighted by Gasteiger charge is -2.49. The zero-order chi connectivity index (χ0) is 29.0. The molecule has 0 saturated heterocycles. The van der Waals surface area contributed by atoms with Crippen LogP contribution < -0.4 is 4.90 Å². The largest absolute Gasteiger partial charge is 0.413 e. The molecule has 1 aliphatic heterocycles. The van der Waals surface area contributed by atoms with Crippen molar-refractivity contribution in [1.82, 2.24) is 0 Å². The summed E-state index contributed by atoms with van der Waals surface area (Å²) in [6, 6.07) is 10.8. The Morgan fingerprint density at radius 1 is 1.15 bits per heavy atom. The standard InChI is InChI=1S/C32H45Cl2NO3Si/c1-30(2,3)39(7,8)38-20-23-18-27(29(34)24(14-16-36)28(23)33)35-15-13-21-11-9-10-12-25(21)32(35,6)26-17-22(26)19-31(4,5)37/h9-12,16,18,22,26,37H,13-15,17,19-20H2,1-8H3/t22-,26+,32+/m0/s1. The monoisotopic (exact) mass is 589 g/mol. The van der Waals surface area contributed by atoms with Gasteiger partial charge in [0.2, 0.25) is 0 Å². The maximum absolute atomic E-state index is 11.7. The Bertz CT molecular complexity index is 1230. The third-order valence-electron chi connectivity index (χ3n) is 9.46. The van der Waals surface area contributed by atoms with Gasteiger partial charge < -0.3 is 19.2 Å². The van der Waals surface area contributed by atoms with Gasteiger partial charge in [0, 0.05) is 13.0 Å². The molecule has 214 valence electrons. The molecule has 2 aromatic rings. The Labute approximate surface area is 246 Å². The van der Waals surface area contributed by atoms with Crippen molar-refractivity contribution in [2.24, 2.45) is 11.8 Å². The number of carbonyl (C=O) groups excluding carboxylic acids is 1. The Hall–Kier alpha value is -1.37. The van der Waals surface area contributed by atoms with E-state index in [4.69, 9.17) is 27.6 Å². The number of hydrogen-bond donors (Lipinski definition) is 1. The van der Waals surface area contributed by atoms with Crippen LogP contribution in [-0.2, 0) is 34.2 Å². The third kappa shape index (κ3) is 5.99. The van der Waals surface area contributed by atoms with Crippen molar-refractivity contribution in [3.63, 3.8) is 0 Å². The minimum absolute atomic E-state index is 0.0664. The van der Waals surface area contributed by atoms with Crippen LogP contribution in [0.25, 0.3) is 0 Å². The van der Waals surface area contributed by atoms with Crippen molar-refractivity contribution in [2.45, 2.75) is 103 Å². The van der Waals surface area contributed by atoms with Crippen molar-refractivity contribution in [3.05, 3.63) is 62.6 Å². The van der Waals surface area contributed by atoms with Crippen molar-refractivity contribution in [2.75, 3.05) is 11.4 Å². The molecule has 1 heterocycles. The first-order chi connectivity index (χ1) is 18.0. The second-order valence-corrected chi connectivity index (χ2v) is 19.5. The number of aldehydes is 1. The first kappa shape index (κ1) is 30.6. The molecular formula is C32H45Cl2NO3Si. The van der Waals surface area contributed by atoms with Crippen LogP contribution in [0.3, 0.4) is 0 Å².